The second-order valence-corrected chi connectivity index (χ2v) is 2.64. The Bertz CT molecular complexity index is 383. The van der Waals surface area contributed by atoms with Gasteiger partial charge in [0.15, 0.2) is 0 Å². The first-order valence-corrected chi connectivity index (χ1v) is 3.50. The number of aromatic carboxylic acids is 1. The molecule has 5 heteroatoms. The summed E-state index contributed by atoms with van der Waals surface area (Å²) in [5.41, 5.74) is -0.670. The van der Waals surface area contributed by atoms with Crippen LogP contribution >= 0.6 is 11.6 Å². The van der Waals surface area contributed by atoms with E-state index in [0.29, 0.717) is 0 Å². The van der Waals surface area contributed by atoms with Crippen LogP contribution in [0.3, 0.4) is 0 Å². The molecule has 12 heavy (non-hydrogen) atoms. The Morgan fingerprint density at radius 3 is 2.75 bits per heavy atom. The average molecular weight is 188 g/mol. The molecule has 0 aliphatic carbocycles. The van der Waals surface area contributed by atoms with E-state index in [0.717, 1.165) is 0 Å². The lowest BCUT2D eigenvalue weighted by Crippen LogP contribution is -2.19. The quantitative estimate of drug-likeness (QED) is 0.706. The molecule has 1 aromatic heterocycles. The van der Waals surface area contributed by atoms with Crippen molar-refractivity contribution < 1.29 is 9.90 Å². The fourth-order valence-electron chi connectivity index (χ4n) is 0.762. The molecule has 4 nitrogen and oxygen atoms in total. The summed E-state index contributed by atoms with van der Waals surface area (Å²) in [4.78, 5) is 21.5. The molecule has 0 saturated carbocycles. The highest BCUT2D eigenvalue weighted by Crippen LogP contribution is 2.08. The van der Waals surface area contributed by atoms with E-state index in [1.165, 1.54) is 23.9 Å². The van der Waals surface area contributed by atoms with Crippen LogP contribution in [0, 0.1) is 0 Å². The Morgan fingerprint density at radius 2 is 2.25 bits per heavy atom. The molecule has 1 N–H and O–H groups in total. The van der Waals surface area contributed by atoms with Crippen LogP contribution in [0.2, 0.25) is 5.02 Å². The van der Waals surface area contributed by atoms with Crippen molar-refractivity contribution in [2.75, 3.05) is 0 Å². The van der Waals surface area contributed by atoms with Gasteiger partial charge in [-0.05, 0) is 6.07 Å². The number of halogens is 1. The molecule has 0 amide bonds. The van der Waals surface area contributed by atoms with Gasteiger partial charge in [0.25, 0.3) is 5.56 Å². The number of hydrogen-bond donors (Lipinski definition) is 1. The molecule has 0 aliphatic heterocycles. The first kappa shape index (κ1) is 8.80. The zero-order valence-electron chi connectivity index (χ0n) is 6.24. The van der Waals surface area contributed by atoms with Gasteiger partial charge in [-0.3, -0.25) is 4.79 Å². The predicted molar refractivity (Wildman–Crippen MR) is 43.7 cm³/mol. The summed E-state index contributed by atoms with van der Waals surface area (Å²) >= 11 is 5.48. The molecule has 0 spiro atoms. The van der Waals surface area contributed by atoms with Crippen molar-refractivity contribution in [3.05, 3.63) is 33.2 Å². The Labute approximate surface area is 73.0 Å². The van der Waals surface area contributed by atoms with Crippen LogP contribution in [-0.4, -0.2) is 15.6 Å². The Balaban J connectivity index is 3.47. The molecule has 0 aliphatic rings. The van der Waals surface area contributed by atoms with E-state index in [-0.39, 0.29) is 10.6 Å². The number of carbonyl (C=O) groups is 1. The third-order valence-corrected chi connectivity index (χ3v) is 1.81. The van der Waals surface area contributed by atoms with Gasteiger partial charge in [-0.15, -0.1) is 0 Å². The largest absolute Gasteiger partial charge is 0.478 e. The molecule has 0 radical (unpaired) electrons. The van der Waals surface area contributed by atoms with Crippen LogP contribution in [0.4, 0.5) is 0 Å². The zero-order chi connectivity index (χ0) is 9.30. The maximum Gasteiger partial charge on any atom is 0.337 e. The maximum atomic E-state index is 11.1. The van der Waals surface area contributed by atoms with Crippen LogP contribution in [0.1, 0.15) is 10.4 Å². The molecule has 1 heterocycles. The van der Waals surface area contributed by atoms with Crippen molar-refractivity contribution in [2.45, 2.75) is 0 Å². The number of carboxylic acid groups (broad SMARTS) is 1. The molecule has 0 aromatic carbocycles. The first-order chi connectivity index (χ1) is 5.54. The van der Waals surface area contributed by atoms with E-state index in [1.54, 1.807) is 0 Å². The number of rotatable bonds is 1. The highest BCUT2D eigenvalue weighted by Gasteiger charge is 2.11. The van der Waals surface area contributed by atoms with Crippen molar-refractivity contribution in [3.8, 4) is 0 Å². The van der Waals surface area contributed by atoms with E-state index in [9.17, 15) is 9.59 Å². The average Bonchev–Trinajstić information content (AvgIpc) is 2.00. The maximum absolute atomic E-state index is 11.1. The highest BCUT2D eigenvalue weighted by molar-refractivity contribution is 6.33. The number of pyridine rings is 1. The lowest BCUT2D eigenvalue weighted by molar-refractivity contribution is 0.0696. The summed E-state index contributed by atoms with van der Waals surface area (Å²) in [5, 5.41) is 8.29. The lowest BCUT2D eigenvalue weighted by atomic mass is 10.3. The van der Waals surface area contributed by atoms with Gasteiger partial charge >= 0.3 is 5.97 Å². The SMILES string of the molecule is Cn1ccc(C(=O)O)c(Cl)c1=O. The van der Waals surface area contributed by atoms with Gasteiger partial charge in [-0.1, -0.05) is 11.6 Å². The van der Waals surface area contributed by atoms with Gasteiger partial charge in [-0.2, -0.15) is 0 Å². The highest BCUT2D eigenvalue weighted by atomic mass is 35.5. The van der Waals surface area contributed by atoms with E-state index < -0.39 is 11.5 Å². The summed E-state index contributed by atoms with van der Waals surface area (Å²) in [7, 11) is 1.50. The van der Waals surface area contributed by atoms with Crippen molar-refractivity contribution >= 4 is 17.6 Å². The van der Waals surface area contributed by atoms with Crippen molar-refractivity contribution in [1.29, 1.82) is 0 Å². The molecule has 1 rings (SSSR count). The van der Waals surface area contributed by atoms with Crippen LogP contribution in [-0.2, 0) is 7.05 Å². The monoisotopic (exact) mass is 187 g/mol. The van der Waals surface area contributed by atoms with Crippen molar-refractivity contribution in [3.63, 3.8) is 0 Å². The number of nitrogens with zero attached hydrogens (tertiary/aromatic N) is 1. The van der Waals surface area contributed by atoms with Gasteiger partial charge in [-0.25, -0.2) is 4.79 Å². The van der Waals surface area contributed by atoms with Crippen molar-refractivity contribution in [2.24, 2.45) is 7.05 Å². The minimum Gasteiger partial charge on any atom is -0.478 e. The van der Waals surface area contributed by atoms with Gasteiger partial charge in [0.05, 0.1) is 5.56 Å². The standard InChI is InChI=1S/C7H6ClNO3/c1-9-3-2-4(7(11)12)5(8)6(9)10/h2-3H,1H3,(H,11,12). The van der Waals surface area contributed by atoms with Gasteiger partial charge in [0.1, 0.15) is 5.02 Å². The Morgan fingerprint density at radius 1 is 1.67 bits per heavy atom. The number of hydrogen-bond acceptors (Lipinski definition) is 2. The smallest absolute Gasteiger partial charge is 0.337 e. The molecule has 0 saturated heterocycles. The van der Waals surface area contributed by atoms with Crippen LogP contribution in [0.15, 0.2) is 17.1 Å². The molecule has 0 fully saturated rings. The Hall–Kier alpha value is -1.29. The first-order valence-electron chi connectivity index (χ1n) is 3.12. The van der Waals surface area contributed by atoms with Crippen molar-refractivity contribution in [1.82, 2.24) is 4.57 Å². The molecule has 64 valence electrons. The van der Waals surface area contributed by atoms with Crippen LogP contribution < -0.4 is 5.56 Å². The minimum absolute atomic E-state index is 0.167. The number of carboxylic acids is 1. The normalized spacial score (nSPS) is 9.83. The Kier molecular flexibility index (Phi) is 2.19. The van der Waals surface area contributed by atoms with Crippen LogP contribution in [0.25, 0.3) is 0 Å². The minimum atomic E-state index is -1.20. The molecular formula is C7H6ClNO3. The van der Waals surface area contributed by atoms with E-state index in [4.69, 9.17) is 16.7 Å². The van der Waals surface area contributed by atoms with Crippen LogP contribution in [0.5, 0.6) is 0 Å². The molecular weight excluding hydrogens is 182 g/mol. The van der Waals surface area contributed by atoms with E-state index in [1.807, 2.05) is 0 Å². The van der Waals surface area contributed by atoms with Gasteiger partial charge in [0, 0.05) is 13.2 Å². The second-order valence-electron chi connectivity index (χ2n) is 2.26. The second kappa shape index (κ2) is 2.98. The zero-order valence-corrected chi connectivity index (χ0v) is 7.00. The van der Waals surface area contributed by atoms with E-state index in [2.05, 4.69) is 0 Å². The van der Waals surface area contributed by atoms with E-state index >= 15 is 0 Å². The lowest BCUT2D eigenvalue weighted by Gasteiger charge is -1.99. The number of aromatic nitrogens is 1. The molecule has 0 unspecified atom stereocenters. The predicted octanol–water partition coefficient (Wildman–Crippen LogP) is 0.737. The summed E-state index contributed by atoms with van der Waals surface area (Å²) in [6.07, 6.45) is 1.36. The molecule has 0 atom stereocenters. The summed E-state index contributed by atoms with van der Waals surface area (Å²) in [6.45, 7) is 0. The fraction of sp³-hybridized carbons (Fsp3) is 0.143. The topological polar surface area (TPSA) is 59.3 Å². The van der Waals surface area contributed by atoms with Gasteiger partial charge in [0.2, 0.25) is 0 Å². The summed E-state index contributed by atoms with van der Waals surface area (Å²) in [5.74, 6) is -1.20. The van der Waals surface area contributed by atoms with Gasteiger partial charge < -0.3 is 9.67 Å². The summed E-state index contributed by atoms with van der Waals surface area (Å²) in [6, 6.07) is 1.28. The number of aryl methyl sites for hydroxylation is 1. The fourth-order valence-corrected chi connectivity index (χ4v) is 1.04. The molecule has 1 aromatic rings. The summed E-state index contributed by atoms with van der Waals surface area (Å²) < 4.78 is 1.22. The molecule has 0 bridgehead atoms. The third kappa shape index (κ3) is 1.33. The third-order valence-electron chi connectivity index (χ3n) is 1.44.